The molecule has 1 aliphatic rings. The molecule has 1 aromatic heterocycles. The second-order valence-corrected chi connectivity index (χ2v) is 4.66. The van der Waals surface area contributed by atoms with E-state index in [1.165, 1.54) is 5.56 Å². The number of hydrogen-bond acceptors (Lipinski definition) is 2. The lowest BCUT2D eigenvalue weighted by molar-refractivity contribution is -0.123. The summed E-state index contributed by atoms with van der Waals surface area (Å²) in [5.41, 5.74) is 2.44. The van der Waals surface area contributed by atoms with Crippen molar-refractivity contribution in [1.82, 2.24) is 15.3 Å². The first-order valence-corrected chi connectivity index (χ1v) is 6.13. The Morgan fingerprint density at radius 3 is 3.06 bits per heavy atom. The van der Waals surface area contributed by atoms with Crippen molar-refractivity contribution in [3.8, 4) is 0 Å². The third-order valence-electron chi connectivity index (χ3n) is 3.46. The molecule has 0 aliphatic heterocycles. The van der Waals surface area contributed by atoms with Gasteiger partial charge in [-0.1, -0.05) is 24.3 Å². The van der Waals surface area contributed by atoms with Crippen LogP contribution in [0.2, 0.25) is 0 Å². The molecule has 0 saturated heterocycles. The van der Waals surface area contributed by atoms with Gasteiger partial charge in [-0.15, -0.1) is 0 Å². The van der Waals surface area contributed by atoms with Gasteiger partial charge in [0.1, 0.15) is 5.82 Å². The number of aromatic nitrogens is 2. The highest BCUT2D eigenvalue weighted by molar-refractivity contribution is 5.87. The summed E-state index contributed by atoms with van der Waals surface area (Å²) in [6, 6.07) is 8.02. The van der Waals surface area contributed by atoms with Crippen LogP contribution in [0.15, 0.2) is 36.7 Å². The van der Waals surface area contributed by atoms with E-state index in [-0.39, 0.29) is 17.9 Å². The Morgan fingerprint density at radius 1 is 1.50 bits per heavy atom. The zero-order valence-corrected chi connectivity index (χ0v) is 10.2. The van der Waals surface area contributed by atoms with Crippen molar-refractivity contribution in [2.24, 2.45) is 0 Å². The number of amides is 1. The Morgan fingerprint density at radius 2 is 2.33 bits per heavy atom. The highest BCUT2D eigenvalue weighted by atomic mass is 16.2. The van der Waals surface area contributed by atoms with Crippen molar-refractivity contribution in [2.75, 3.05) is 0 Å². The Hall–Kier alpha value is -2.10. The number of benzene rings is 1. The fraction of sp³-hybridized carbons (Fsp3) is 0.286. The number of carbonyl (C=O) groups is 1. The fourth-order valence-electron chi connectivity index (χ4n) is 2.39. The van der Waals surface area contributed by atoms with Crippen LogP contribution in [0.5, 0.6) is 0 Å². The Labute approximate surface area is 105 Å². The molecule has 18 heavy (non-hydrogen) atoms. The van der Waals surface area contributed by atoms with E-state index in [0.717, 1.165) is 17.8 Å². The molecule has 0 spiro atoms. The van der Waals surface area contributed by atoms with E-state index < -0.39 is 0 Å². The lowest BCUT2D eigenvalue weighted by Crippen LogP contribution is -2.37. The van der Waals surface area contributed by atoms with E-state index in [0.29, 0.717) is 0 Å². The van der Waals surface area contributed by atoms with Crippen LogP contribution >= 0.6 is 0 Å². The van der Waals surface area contributed by atoms with Crippen LogP contribution in [0.3, 0.4) is 0 Å². The summed E-state index contributed by atoms with van der Waals surface area (Å²) >= 11 is 0. The SMILES string of the molecule is CC(NC(=O)C1Cc2ccccc21)c1ncc[nH]1. The molecule has 1 amide bonds. The quantitative estimate of drug-likeness (QED) is 0.862. The van der Waals surface area contributed by atoms with Crippen molar-refractivity contribution < 1.29 is 4.79 Å². The van der Waals surface area contributed by atoms with Crippen LogP contribution in [-0.4, -0.2) is 15.9 Å². The van der Waals surface area contributed by atoms with Crippen molar-refractivity contribution in [2.45, 2.75) is 25.3 Å². The predicted molar refractivity (Wildman–Crippen MR) is 68.0 cm³/mol. The third-order valence-corrected chi connectivity index (χ3v) is 3.46. The maximum atomic E-state index is 12.1. The van der Waals surface area contributed by atoms with E-state index in [2.05, 4.69) is 21.4 Å². The topological polar surface area (TPSA) is 57.8 Å². The smallest absolute Gasteiger partial charge is 0.228 e. The molecule has 1 aliphatic carbocycles. The second-order valence-electron chi connectivity index (χ2n) is 4.66. The Balaban J connectivity index is 1.67. The summed E-state index contributed by atoms with van der Waals surface area (Å²) in [5, 5.41) is 2.99. The van der Waals surface area contributed by atoms with Gasteiger partial charge in [-0.3, -0.25) is 4.79 Å². The highest BCUT2D eigenvalue weighted by Crippen LogP contribution is 2.35. The minimum absolute atomic E-state index is 0.00128. The number of hydrogen-bond donors (Lipinski definition) is 2. The molecular formula is C14H15N3O. The molecule has 2 N–H and O–H groups in total. The van der Waals surface area contributed by atoms with Crippen LogP contribution in [0.25, 0.3) is 0 Å². The molecule has 1 heterocycles. The summed E-state index contributed by atoms with van der Waals surface area (Å²) < 4.78 is 0. The van der Waals surface area contributed by atoms with Crippen molar-refractivity contribution in [3.05, 3.63) is 53.6 Å². The molecule has 92 valence electrons. The van der Waals surface area contributed by atoms with Gasteiger partial charge in [-0.2, -0.15) is 0 Å². The summed E-state index contributed by atoms with van der Waals surface area (Å²) in [6.45, 7) is 1.93. The molecular weight excluding hydrogens is 226 g/mol. The van der Waals surface area contributed by atoms with Gasteiger partial charge in [0.15, 0.2) is 0 Å². The van der Waals surface area contributed by atoms with Crippen LogP contribution in [0.4, 0.5) is 0 Å². The molecule has 2 aromatic rings. The average molecular weight is 241 g/mol. The number of nitrogens with one attached hydrogen (secondary N) is 2. The molecule has 4 nitrogen and oxygen atoms in total. The monoisotopic (exact) mass is 241 g/mol. The van der Waals surface area contributed by atoms with E-state index in [1.54, 1.807) is 12.4 Å². The van der Waals surface area contributed by atoms with Crippen LogP contribution < -0.4 is 5.32 Å². The second kappa shape index (κ2) is 4.29. The zero-order valence-electron chi connectivity index (χ0n) is 10.2. The summed E-state index contributed by atoms with van der Waals surface area (Å²) in [4.78, 5) is 19.3. The number of carbonyl (C=O) groups excluding carboxylic acids is 1. The number of H-pyrrole nitrogens is 1. The zero-order chi connectivity index (χ0) is 12.5. The van der Waals surface area contributed by atoms with Gasteiger partial charge in [0, 0.05) is 12.4 Å². The number of nitrogens with zero attached hydrogens (tertiary/aromatic N) is 1. The third kappa shape index (κ3) is 1.79. The molecule has 1 aromatic carbocycles. The number of aromatic amines is 1. The van der Waals surface area contributed by atoms with E-state index in [4.69, 9.17) is 0 Å². The molecule has 0 fully saturated rings. The maximum absolute atomic E-state index is 12.1. The van der Waals surface area contributed by atoms with Crippen molar-refractivity contribution >= 4 is 5.91 Å². The van der Waals surface area contributed by atoms with E-state index in [9.17, 15) is 4.79 Å². The first-order valence-electron chi connectivity index (χ1n) is 6.13. The van der Waals surface area contributed by atoms with Gasteiger partial charge in [-0.05, 0) is 24.5 Å². The summed E-state index contributed by atoms with van der Waals surface area (Å²) in [5.74, 6) is 0.868. The van der Waals surface area contributed by atoms with Gasteiger partial charge in [0.2, 0.25) is 5.91 Å². The molecule has 0 bridgehead atoms. The summed E-state index contributed by atoms with van der Waals surface area (Å²) in [7, 11) is 0. The highest BCUT2D eigenvalue weighted by Gasteiger charge is 2.32. The van der Waals surface area contributed by atoms with Gasteiger partial charge in [-0.25, -0.2) is 4.98 Å². The fourth-order valence-corrected chi connectivity index (χ4v) is 2.39. The number of imidazole rings is 1. The Bertz CT molecular complexity index is 562. The molecule has 2 unspecified atom stereocenters. The predicted octanol–water partition coefficient (Wildman–Crippen LogP) is 1.93. The minimum atomic E-state index is -0.0831. The normalized spacial score (nSPS) is 18.6. The summed E-state index contributed by atoms with van der Waals surface area (Å²) in [6.07, 6.45) is 4.29. The van der Waals surface area contributed by atoms with E-state index in [1.807, 2.05) is 25.1 Å². The number of fused-ring (bicyclic) bond motifs is 1. The van der Waals surface area contributed by atoms with Crippen LogP contribution in [0.1, 0.15) is 35.8 Å². The van der Waals surface area contributed by atoms with Gasteiger partial charge in [0.25, 0.3) is 0 Å². The first-order chi connectivity index (χ1) is 8.75. The minimum Gasteiger partial charge on any atom is -0.347 e. The van der Waals surface area contributed by atoms with Gasteiger partial charge >= 0.3 is 0 Å². The standard InChI is InChI=1S/C14H15N3O/c1-9(13-15-6-7-16-13)17-14(18)12-8-10-4-2-3-5-11(10)12/h2-7,9,12H,8H2,1H3,(H,15,16)(H,17,18). The molecule has 2 atom stereocenters. The molecule has 4 heteroatoms. The van der Waals surface area contributed by atoms with Gasteiger partial charge < -0.3 is 10.3 Å². The molecule has 0 saturated carbocycles. The Kier molecular flexibility index (Phi) is 2.63. The largest absolute Gasteiger partial charge is 0.347 e. The first kappa shape index (κ1) is 11.0. The van der Waals surface area contributed by atoms with E-state index >= 15 is 0 Å². The van der Waals surface area contributed by atoms with Crippen LogP contribution in [-0.2, 0) is 11.2 Å². The number of rotatable bonds is 3. The van der Waals surface area contributed by atoms with Crippen molar-refractivity contribution in [3.63, 3.8) is 0 Å². The molecule has 3 rings (SSSR count). The van der Waals surface area contributed by atoms with Gasteiger partial charge in [0.05, 0.1) is 12.0 Å². The maximum Gasteiger partial charge on any atom is 0.228 e. The van der Waals surface area contributed by atoms with Crippen LogP contribution in [0, 0.1) is 0 Å². The lowest BCUT2D eigenvalue weighted by atomic mass is 9.77. The lowest BCUT2D eigenvalue weighted by Gasteiger charge is -2.29. The average Bonchev–Trinajstić information content (AvgIpc) is 2.84. The molecule has 0 radical (unpaired) electrons. The van der Waals surface area contributed by atoms with Crippen molar-refractivity contribution in [1.29, 1.82) is 0 Å².